The average molecular weight is 436 g/mol. The summed E-state index contributed by atoms with van der Waals surface area (Å²) in [6, 6.07) is 12.1. The van der Waals surface area contributed by atoms with E-state index in [4.69, 9.17) is 0 Å². The van der Waals surface area contributed by atoms with Crippen molar-refractivity contribution >= 4 is 11.7 Å². The zero-order valence-corrected chi connectivity index (χ0v) is 18.1. The molecule has 1 N–H and O–H groups in total. The predicted molar refractivity (Wildman–Crippen MR) is 120 cm³/mol. The number of halogens is 1. The van der Waals surface area contributed by atoms with Gasteiger partial charge in [-0.1, -0.05) is 19.1 Å². The molecule has 3 heterocycles. The summed E-state index contributed by atoms with van der Waals surface area (Å²) < 4.78 is 14.6. The largest absolute Gasteiger partial charge is 0.355 e. The Labute approximate surface area is 185 Å². The first kappa shape index (κ1) is 21.7. The maximum absolute atomic E-state index is 14.6. The smallest absolute Gasteiger partial charge is 0.267 e. The summed E-state index contributed by atoms with van der Waals surface area (Å²) in [5.74, 6) is 0.0407. The van der Waals surface area contributed by atoms with Crippen LogP contribution in [0.1, 0.15) is 40.5 Å². The molecule has 4 rings (SSSR count). The summed E-state index contributed by atoms with van der Waals surface area (Å²) in [4.78, 5) is 33.1. The molecule has 0 bridgehead atoms. The fraction of sp³-hybridized carbons (Fsp3) is 0.333. The molecule has 1 fully saturated rings. The number of pyridine rings is 1. The van der Waals surface area contributed by atoms with Crippen LogP contribution in [0.15, 0.2) is 53.5 Å². The predicted octanol–water partition coefficient (Wildman–Crippen LogP) is 2.81. The quantitative estimate of drug-likeness (QED) is 0.667. The molecule has 1 aromatic carbocycles. The molecule has 166 valence electrons. The highest BCUT2D eigenvalue weighted by Crippen LogP contribution is 2.18. The van der Waals surface area contributed by atoms with E-state index in [2.05, 4.69) is 20.1 Å². The maximum Gasteiger partial charge on any atom is 0.267 e. The molecule has 0 atom stereocenters. The second kappa shape index (κ2) is 9.72. The zero-order valence-electron chi connectivity index (χ0n) is 18.1. The lowest BCUT2D eigenvalue weighted by atomic mass is 10.0. The fourth-order valence-corrected chi connectivity index (χ4v) is 3.96. The van der Waals surface area contributed by atoms with Crippen molar-refractivity contribution in [2.24, 2.45) is 0 Å². The molecule has 3 aromatic rings. The molecule has 1 amide bonds. The lowest BCUT2D eigenvalue weighted by Crippen LogP contribution is -2.35. The Morgan fingerprint density at radius 2 is 2.00 bits per heavy atom. The maximum atomic E-state index is 14.6. The number of nitrogens with one attached hydrogen (secondary N) is 1. The molecule has 2 aromatic heterocycles. The van der Waals surface area contributed by atoms with Gasteiger partial charge in [0.25, 0.3) is 11.5 Å². The number of rotatable bonds is 5. The minimum Gasteiger partial charge on any atom is -0.355 e. The summed E-state index contributed by atoms with van der Waals surface area (Å²) in [5, 5.41) is 6.58. The van der Waals surface area contributed by atoms with E-state index in [0.717, 1.165) is 24.3 Å². The molecule has 8 heteroatoms. The zero-order chi connectivity index (χ0) is 22.5. The van der Waals surface area contributed by atoms with Crippen molar-refractivity contribution in [3.8, 4) is 0 Å². The molecule has 1 saturated heterocycles. The number of aryl methyl sites for hydroxylation is 1. The van der Waals surface area contributed by atoms with Crippen molar-refractivity contribution in [2.45, 2.75) is 26.2 Å². The van der Waals surface area contributed by atoms with Crippen LogP contribution in [0.4, 0.5) is 10.2 Å². The molecule has 7 nitrogen and oxygen atoms in total. The van der Waals surface area contributed by atoms with Gasteiger partial charge in [0.15, 0.2) is 0 Å². The first-order chi connectivity index (χ1) is 15.5. The van der Waals surface area contributed by atoms with E-state index in [9.17, 15) is 14.0 Å². The van der Waals surface area contributed by atoms with Gasteiger partial charge in [-0.15, -0.1) is 0 Å². The average Bonchev–Trinajstić information content (AvgIpc) is 3.08. The number of hydrogen-bond donors (Lipinski definition) is 1. The van der Waals surface area contributed by atoms with Crippen LogP contribution < -0.4 is 10.5 Å². The lowest BCUT2D eigenvalue weighted by molar-refractivity contribution is 0.0762. The van der Waals surface area contributed by atoms with E-state index in [1.54, 1.807) is 29.3 Å². The molecular formula is C24H26FN5O2. The third-order valence-corrected chi connectivity index (χ3v) is 5.72. The number of nitrogens with zero attached hydrogens (tertiary/aromatic N) is 4. The summed E-state index contributed by atoms with van der Waals surface area (Å²) >= 11 is 0. The molecule has 0 unspecified atom stereocenters. The number of anilines is 1. The highest BCUT2D eigenvalue weighted by atomic mass is 19.1. The van der Waals surface area contributed by atoms with Crippen LogP contribution in [0.2, 0.25) is 0 Å². The summed E-state index contributed by atoms with van der Waals surface area (Å²) in [5.41, 5.74) is 1.95. The van der Waals surface area contributed by atoms with E-state index >= 15 is 0 Å². The van der Waals surface area contributed by atoms with Gasteiger partial charge in [-0.25, -0.2) is 14.5 Å². The van der Waals surface area contributed by atoms with Crippen molar-refractivity contribution in [2.75, 3.05) is 31.1 Å². The SMILES string of the molecule is CCc1cc(Cc2ccc(F)c(C(=O)N3CCCN(c4ccccn4)CC3)c2)n[nH]c1=O. The van der Waals surface area contributed by atoms with Gasteiger partial charge in [0, 0.05) is 44.4 Å². The Morgan fingerprint density at radius 3 is 2.78 bits per heavy atom. The third kappa shape index (κ3) is 4.85. The minimum absolute atomic E-state index is 0.0638. The molecule has 32 heavy (non-hydrogen) atoms. The number of benzene rings is 1. The second-order valence-electron chi connectivity index (χ2n) is 7.88. The molecule has 1 aliphatic rings. The van der Waals surface area contributed by atoms with Gasteiger partial charge in [-0.2, -0.15) is 5.10 Å². The van der Waals surface area contributed by atoms with Gasteiger partial charge in [-0.05, 0) is 48.7 Å². The van der Waals surface area contributed by atoms with E-state index < -0.39 is 5.82 Å². The number of aromatic nitrogens is 3. The summed E-state index contributed by atoms with van der Waals surface area (Å²) in [6.45, 7) is 4.40. The van der Waals surface area contributed by atoms with Crippen LogP contribution in [0.3, 0.4) is 0 Å². The Hall–Kier alpha value is -3.55. The highest BCUT2D eigenvalue weighted by Gasteiger charge is 2.23. The molecule has 0 radical (unpaired) electrons. The van der Waals surface area contributed by atoms with Crippen LogP contribution in [-0.4, -0.2) is 52.2 Å². The first-order valence-corrected chi connectivity index (χ1v) is 10.9. The fourth-order valence-electron chi connectivity index (χ4n) is 3.96. The Morgan fingerprint density at radius 1 is 1.12 bits per heavy atom. The lowest BCUT2D eigenvalue weighted by Gasteiger charge is -2.23. The topological polar surface area (TPSA) is 82.2 Å². The van der Waals surface area contributed by atoms with Crippen molar-refractivity contribution in [1.82, 2.24) is 20.1 Å². The molecule has 0 spiro atoms. The summed E-state index contributed by atoms with van der Waals surface area (Å²) in [7, 11) is 0. The van der Waals surface area contributed by atoms with Crippen molar-refractivity contribution in [3.05, 3.63) is 87.2 Å². The third-order valence-electron chi connectivity index (χ3n) is 5.72. The van der Waals surface area contributed by atoms with Crippen LogP contribution >= 0.6 is 0 Å². The number of amides is 1. The van der Waals surface area contributed by atoms with E-state index in [-0.39, 0.29) is 17.0 Å². The van der Waals surface area contributed by atoms with Gasteiger partial charge in [-0.3, -0.25) is 9.59 Å². The van der Waals surface area contributed by atoms with E-state index in [1.165, 1.54) is 6.07 Å². The standard InChI is InChI=1S/C24H26FN5O2/c1-2-18-16-19(27-28-23(18)31)14-17-7-8-21(25)20(15-17)24(32)30-11-5-10-29(12-13-30)22-6-3-4-9-26-22/h3-4,6-9,15-16H,2,5,10-14H2,1H3,(H,28,31). The highest BCUT2D eigenvalue weighted by molar-refractivity contribution is 5.94. The number of carbonyl (C=O) groups excluding carboxylic acids is 1. The number of hydrogen-bond acceptors (Lipinski definition) is 5. The number of H-pyrrole nitrogens is 1. The summed E-state index contributed by atoms with van der Waals surface area (Å²) in [6.07, 6.45) is 3.54. The second-order valence-corrected chi connectivity index (χ2v) is 7.88. The van der Waals surface area contributed by atoms with Crippen LogP contribution in [0, 0.1) is 5.82 Å². The van der Waals surface area contributed by atoms with Gasteiger partial charge in [0.05, 0.1) is 11.3 Å². The Kier molecular flexibility index (Phi) is 6.58. The van der Waals surface area contributed by atoms with Gasteiger partial charge in [0.1, 0.15) is 11.6 Å². The van der Waals surface area contributed by atoms with Gasteiger partial charge in [0.2, 0.25) is 0 Å². The molecule has 0 saturated carbocycles. The molecule has 1 aliphatic heterocycles. The van der Waals surface area contributed by atoms with E-state index in [1.807, 2.05) is 25.1 Å². The first-order valence-electron chi connectivity index (χ1n) is 10.9. The van der Waals surface area contributed by atoms with Crippen LogP contribution in [0.25, 0.3) is 0 Å². The Bertz CT molecular complexity index is 1150. The normalized spacial score (nSPS) is 14.3. The number of carbonyl (C=O) groups is 1. The van der Waals surface area contributed by atoms with Gasteiger partial charge >= 0.3 is 0 Å². The monoisotopic (exact) mass is 435 g/mol. The van der Waals surface area contributed by atoms with Crippen molar-refractivity contribution in [1.29, 1.82) is 0 Å². The van der Waals surface area contributed by atoms with Crippen molar-refractivity contribution in [3.63, 3.8) is 0 Å². The number of aromatic amines is 1. The molecular weight excluding hydrogens is 409 g/mol. The van der Waals surface area contributed by atoms with Crippen LogP contribution in [-0.2, 0) is 12.8 Å². The van der Waals surface area contributed by atoms with Crippen molar-refractivity contribution < 1.29 is 9.18 Å². The van der Waals surface area contributed by atoms with Gasteiger partial charge < -0.3 is 9.80 Å². The minimum atomic E-state index is -0.534. The molecule has 0 aliphatic carbocycles. The van der Waals surface area contributed by atoms with E-state index in [0.29, 0.717) is 43.7 Å². The van der Waals surface area contributed by atoms with Crippen LogP contribution in [0.5, 0.6) is 0 Å². The Balaban J connectivity index is 1.49.